The number of nitrogens with zero attached hydrogens (tertiary/aromatic N) is 2. The van der Waals surface area contributed by atoms with E-state index in [1.54, 1.807) is 24.3 Å². The first-order valence-corrected chi connectivity index (χ1v) is 11.6. The maximum Gasteiger partial charge on any atom is 0.243 e. The summed E-state index contributed by atoms with van der Waals surface area (Å²) in [6.07, 6.45) is 0. The summed E-state index contributed by atoms with van der Waals surface area (Å²) in [6, 6.07) is 11.5. The molecule has 2 aromatic rings. The normalized spacial score (nSPS) is 15.3. The lowest BCUT2D eigenvalue weighted by molar-refractivity contribution is -0.117. The molecule has 0 spiro atoms. The van der Waals surface area contributed by atoms with Crippen molar-refractivity contribution < 1.29 is 17.9 Å². The second-order valence-electron chi connectivity index (χ2n) is 7.01. The van der Waals surface area contributed by atoms with Crippen LogP contribution in [0, 0.1) is 0 Å². The third kappa shape index (κ3) is 5.94. The van der Waals surface area contributed by atoms with Crippen molar-refractivity contribution in [2.45, 2.75) is 11.4 Å². The first-order chi connectivity index (χ1) is 14.3. The van der Waals surface area contributed by atoms with Gasteiger partial charge in [-0.25, -0.2) is 8.42 Å². The molecule has 0 aliphatic carbocycles. The van der Waals surface area contributed by atoms with E-state index in [0.29, 0.717) is 48.6 Å². The third-order valence-corrected chi connectivity index (χ3v) is 7.25. The van der Waals surface area contributed by atoms with E-state index in [2.05, 4.69) is 5.32 Å². The van der Waals surface area contributed by atoms with Gasteiger partial charge in [0.2, 0.25) is 15.9 Å². The first-order valence-electron chi connectivity index (χ1n) is 9.36. The van der Waals surface area contributed by atoms with Crippen LogP contribution in [-0.4, -0.2) is 63.4 Å². The summed E-state index contributed by atoms with van der Waals surface area (Å²) in [4.78, 5) is 14.4. The van der Waals surface area contributed by atoms with Gasteiger partial charge in [-0.05, 0) is 49.0 Å². The zero-order chi connectivity index (χ0) is 21.7. The molecule has 1 fully saturated rings. The molecular weight excluding hydrogens is 449 g/mol. The number of ether oxygens (including phenoxy) is 1. The summed E-state index contributed by atoms with van der Waals surface area (Å²) in [5.41, 5.74) is 1.47. The van der Waals surface area contributed by atoms with E-state index in [9.17, 15) is 13.2 Å². The number of hydrogen-bond donors (Lipinski definition) is 1. The number of amides is 1. The predicted molar refractivity (Wildman–Crippen MR) is 117 cm³/mol. The molecule has 1 aliphatic rings. The van der Waals surface area contributed by atoms with Gasteiger partial charge in [0.15, 0.2) is 0 Å². The molecule has 0 unspecified atom stereocenters. The monoisotopic (exact) mass is 471 g/mol. The fourth-order valence-electron chi connectivity index (χ4n) is 3.10. The molecule has 1 heterocycles. The van der Waals surface area contributed by atoms with Gasteiger partial charge in [-0.15, -0.1) is 0 Å². The highest BCUT2D eigenvalue weighted by molar-refractivity contribution is 7.89. The minimum atomic E-state index is -3.56. The van der Waals surface area contributed by atoms with E-state index in [1.165, 1.54) is 16.4 Å². The summed E-state index contributed by atoms with van der Waals surface area (Å²) in [5.74, 6) is -0.207. The summed E-state index contributed by atoms with van der Waals surface area (Å²) in [5, 5.41) is 3.74. The molecule has 7 nitrogen and oxygen atoms in total. The van der Waals surface area contributed by atoms with Gasteiger partial charge < -0.3 is 10.1 Å². The SMILES string of the molecule is CN(CC(=O)Nc1ccc(S(=O)(=O)N2CCOCC2)cc1)Cc1ccc(Cl)c(Cl)c1. The molecule has 2 aromatic carbocycles. The van der Waals surface area contributed by atoms with Crippen molar-refractivity contribution >= 4 is 44.8 Å². The first kappa shape index (κ1) is 23.0. The highest BCUT2D eigenvalue weighted by Gasteiger charge is 2.26. The van der Waals surface area contributed by atoms with Crippen LogP contribution in [0.1, 0.15) is 5.56 Å². The number of nitrogens with one attached hydrogen (secondary N) is 1. The number of halogens is 2. The molecule has 0 atom stereocenters. The second kappa shape index (κ2) is 10.1. The molecule has 30 heavy (non-hydrogen) atoms. The Morgan fingerprint density at radius 1 is 1.10 bits per heavy atom. The number of anilines is 1. The third-order valence-electron chi connectivity index (χ3n) is 4.60. The van der Waals surface area contributed by atoms with Gasteiger partial charge in [0.25, 0.3) is 0 Å². The standard InChI is InChI=1S/C20H23Cl2N3O4S/c1-24(13-15-2-7-18(21)19(22)12-15)14-20(26)23-16-3-5-17(6-4-16)30(27,28)25-8-10-29-11-9-25/h2-7,12H,8-11,13-14H2,1H3,(H,23,26). The van der Waals surface area contributed by atoms with Gasteiger partial charge in [0.1, 0.15) is 0 Å². The molecule has 1 saturated heterocycles. The number of carbonyl (C=O) groups is 1. The number of sulfonamides is 1. The molecule has 162 valence electrons. The number of morpholine rings is 1. The number of hydrogen-bond acceptors (Lipinski definition) is 5. The van der Waals surface area contributed by atoms with Gasteiger partial charge in [0.05, 0.1) is 34.7 Å². The van der Waals surface area contributed by atoms with Crippen molar-refractivity contribution in [1.29, 1.82) is 0 Å². The highest BCUT2D eigenvalue weighted by Crippen LogP contribution is 2.23. The van der Waals surface area contributed by atoms with Crippen molar-refractivity contribution in [3.8, 4) is 0 Å². The largest absolute Gasteiger partial charge is 0.379 e. The van der Waals surface area contributed by atoms with Crippen LogP contribution in [0.5, 0.6) is 0 Å². The predicted octanol–water partition coefficient (Wildman–Crippen LogP) is 3.08. The van der Waals surface area contributed by atoms with Crippen molar-refractivity contribution in [3.63, 3.8) is 0 Å². The molecule has 0 bridgehead atoms. The van der Waals surface area contributed by atoms with Crippen LogP contribution in [-0.2, 0) is 26.1 Å². The minimum absolute atomic E-state index is 0.161. The Kier molecular flexibility index (Phi) is 7.73. The van der Waals surface area contributed by atoms with Crippen LogP contribution in [0.4, 0.5) is 5.69 Å². The quantitative estimate of drug-likeness (QED) is 0.670. The van der Waals surface area contributed by atoms with Crippen molar-refractivity contribution in [1.82, 2.24) is 9.21 Å². The fraction of sp³-hybridized carbons (Fsp3) is 0.350. The van der Waals surface area contributed by atoms with E-state index in [0.717, 1.165) is 5.56 Å². The van der Waals surface area contributed by atoms with Crippen LogP contribution < -0.4 is 5.32 Å². The summed E-state index contributed by atoms with van der Waals surface area (Å²) in [7, 11) is -1.74. The Morgan fingerprint density at radius 3 is 2.40 bits per heavy atom. The molecule has 0 saturated carbocycles. The van der Waals surface area contributed by atoms with Crippen molar-refractivity contribution in [2.75, 3.05) is 45.2 Å². The van der Waals surface area contributed by atoms with Crippen LogP contribution in [0.25, 0.3) is 0 Å². The maximum absolute atomic E-state index is 12.6. The lowest BCUT2D eigenvalue weighted by atomic mass is 10.2. The van der Waals surface area contributed by atoms with E-state index in [4.69, 9.17) is 27.9 Å². The van der Waals surface area contributed by atoms with E-state index >= 15 is 0 Å². The van der Waals surface area contributed by atoms with E-state index in [-0.39, 0.29) is 17.3 Å². The van der Waals surface area contributed by atoms with Crippen molar-refractivity contribution in [2.24, 2.45) is 0 Å². The topological polar surface area (TPSA) is 79.0 Å². The zero-order valence-electron chi connectivity index (χ0n) is 16.5. The van der Waals surface area contributed by atoms with Crippen LogP contribution in [0.3, 0.4) is 0 Å². The van der Waals surface area contributed by atoms with Gasteiger partial charge >= 0.3 is 0 Å². The molecule has 1 amide bonds. The number of likely N-dealkylation sites (N-methyl/N-ethyl adjacent to an activating group) is 1. The second-order valence-corrected chi connectivity index (χ2v) is 9.76. The number of benzene rings is 2. The smallest absolute Gasteiger partial charge is 0.243 e. The lowest BCUT2D eigenvalue weighted by Crippen LogP contribution is -2.40. The Bertz CT molecular complexity index is 994. The van der Waals surface area contributed by atoms with Gasteiger partial charge in [-0.1, -0.05) is 29.3 Å². The maximum atomic E-state index is 12.6. The van der Waals surface area contributed by atoms with Crippen LogP contribution in [0.15, 0.2) is 47.4 Å². The van der Waals surface area contributed by atoms with Crippen LogP contribution in [0.2, 0.25) is 10.0 Å². The number of rotatable bonds is 7. The molecule has 0 aromatic heterocycles. The molecule has 1 aliphatic heterocycles. The zero-order valence-corrected chi connectivity index (χ0v) is 18.8. The van der Waals surface area contributed by atoms with E-state index in [1.807, 2.05) is 18.0 Å². The molecule has 1 N–H and O–H groups in total. The molecule has 10 heteroatoms. The Labute approximate surface area is 186 Å². The molecular formula is C20H23Cl2N3O4S. The number of carbonyl (C=O) groups excluding carboxylic acids is 1. The summed E-state index contributed by atoms with van der Waals surface area (Å²) < 4.78 is 31.9. The summed E-state index contributed by atoms with van der Waals surface area (Å²) >= 11 is 11.9. The highest BCUT2D eigenvalue weighted by atomic mass is 35.5. The van der Waals surface area contributed by atoms with Gasteiger partial charge in [0, 0.05) is 25.3 Å². The Hall–Kier alpha value is -1.68. The molecule has 3 rings (SSSR count). The van der Waals surface area contributed by atoms with Gasteiger partial charge in [-0.2, -0.15) is 4.31 Å². The molecule has 0 radical (unpaired) electrons. The van der Waals surface area contributed by atoms with Gasteiger partial charge in [-0.3, -0.25) is 9.69 Å². The fourth-order valence-corrected chi connectivity index (χ4v) is 4.83. The lowest BCUT2D eigenvalue weighted by Gasteiger charge is -2.26. The Morgan fingerprint density at radius 2 is 1.77 bits per heavy atom. The average Bonchev–Trinajstić information content (AvgIpc) is 2.71. The average molecular weight is 472 g/mol. The van der Waals surface area contributed by atoms with Crippen LogP contribution >= 0.6 is 23.2 Å². The minimum Gasteiger partial charge on any atom is -0.379 e. The van der Waals surface area contributed by atoms with Crippen molar-refractivity contribution in [3.05, 3.63) is 58.1 Å². The summed E-state index contributed by atoms with van der Waals surface area (Å²) in [6.45, 7) is 2.15. The Balaban J connectivity index is 1.55. The van der Waals surface area contributed by atoms with E-state index < -0.39 is 10.0 Å².